The Bertz CT molecular complexity index is 407. The first-order chi connectivity index (χ1) is 8.09. The minimum atomic E-state index is -0.797. The van der Waals surface area contributed by atoms with Gasteiger partial charge in [0.25, 0.3) is 0 Å². The molecule has 2 rings (SSSR count). The standard InChI is InChI=1S/C11H15BrN2O3/c1-7(9-2-3-10(12)17-9)14-5-4-13-6-8(14)11(15)16/h2-3,7-8,13H,4-6H2,1H3,(H,15,16). The molecule has 94 valence electrons. The summed E-state index contributed by atoms with van der Waals surface area (Å²) in [5.74, 6) is -0.0142. The lowest BCUT2D eigenvalue weighted by Crippen LogP contribution is -2.55. The summed E-state index contributed by atoms with van der Waals surface area (Å²) in [5, 5.41) is 12.3. The Labute approximate surface area is 108 Å². The van der Waals surface area contributed by atoms with Crippen molar-refractivity contribution in [1.82, 2.24) is 10.2 Å². The molecule has 5 nitrogen and oxygen atoms in total. The van der Waals surface area contributed by atoms with Crippen molar-refractivity contribution in [3.05, 3.63) is 22.6 Å². The van der Waals surface area contributed by atoms with Crippen LogP contribution in [0.25, 0.3) is 0 Å². The van der Waals surface area contributed by atoms with Crippen molar-refractivity contribution in [3.63, 3.8) is 0 Å². The molecule has 1 aromatic heterocycles. The van der Waals surface area contributed by atoms with Crippen LogP contribution in [0.5, 0.6) is 0 Å². The Morgan fingerprint density at radius 2 is 2.47 bits per heavy atom. The van der Waals surface area contributed by atoms with E-state index < -0.39 is 12.0 Å². The first kappa shape index (κ1) is 12.6. The van der Waals surface area contributed by atoms with Gasteiger partial charge in [0.1, 0.15) is 11.8 Å². The molecule has 0 aromatic carbocycles. The smallest absolute Gasteiger partial charge is 0.322 e. The predicted octanol–water partition coefficient (Wildman–Crippen LogP) is 1.46. The molecule has 1 aromatic rings. The van der Waals surface area contributed by atoms with Gasteiger partial charge in [0.05, 0.1) is 6.04 Å². The summed E-state index contributed by atoms with van der Waals surface area (Å²) >= 11 is 3.25. The third-order valence-electron chi connectivity index (χ3n) is 3.07. The van der Waals surface area contributed by atoms with Crippen molar-refractivity contribution in [1.29, 1.82) is 0 Å². The van der Waals surface area contributed by atoms with E-state index in [0.29, 0.717) is 17.8 Å². The summed E-state index contributed by atoms with van der Waals surface area (Å²) in [7, 11) is 0. The largest absolute Gasteiger partial charge is 0.480 e. The van der Waals surface area contributed by atoms with Crippen LogP contribution in [0, 0.1) is 0 Å². The number of nitrogens with one attached hydrogen (secondary N) is 1. The summed E-state index contributed by atoms with van der Waals surface area (Å²) in [6.45, 7) is 3.94. The summed E-state index contributed by atoms with van der Waals surface area (Å²) in [5.41, 5.74) is 0. The van der Waals surface area contributed by atoms with Gasteiger partial charge in [0.2, 0.25) is 0 Å². The van der Waals surface area contributed by atoms with Gasteiger partial charge >= 0.3 is 5.97 Å². The lowest BCUT2D eigenvalue weighted by atomic mass is 10.1. The van der Waals surface area contributed by atoms with E-state index >= 15 is 0 Å². The molecule has 0 aliphatic carbocycles. The Morgan fingerprint density at radius 1 is 1.71 bits per heavy atom. The number of aliphatic carboxylic acids is 1. The third kappa shape index (κ3) is 2.70. The van der Waals surface area contributed by atoms with Crippen molar-refractivity contribution in [3.8, 4) is 0 Å². The number of carboxylic acid groups (broad SMARTS) is 1. The lowest BCUT2D eigenvalue weighted by molar-refractivity contribution is -0.145. The van der Waals surface area contributed by atoms with Crippen LogP contribution in [-0.2, 0) is 4.79 Å². The molecule has 2 N–H and O–H groups in total. The van der Waals surface area contributed by atoms with Crippen molar-refractivity contribution in [2.24, 2.45) is 0 Å². The molecule has 0 bridgehead atoms. The Kier molecular flexibility index (Phi) is 3.86. The number of carboxylic acids is 1. The van der Waals surface area contributed by atoms with E-state index in [0.717, 1.165) is 12.3 Å². The van der Waals surface area contributed by atoms with E-state index in [1.807, 2.05) is 24.0 Å². The molecule has 6 heteroatoms. The van der Waals surface area contributed by atoms with Crippen LogP contribution in [0.4, 0.5) is 0 Å². The zero-order valence-electron chi connectivity index (χ0n) is 9.52. The van der Waals surface area contributed by atoms with Gasteiger partial charge in [0.15, 0.2) is 4.67 Å². The number of piperazine rings is 1. The zero-order chi connectivity index (χ0) is 12.4. The maximum Gasteiger partial charge on any atom is 0.322 e. The van der Waals surface area contributed by atoms with Crippen molar-refractivity contribution in [2.45, 2.75) is 19.0 Å². The van der Waals surface area contributed by atoms with Crippen molar-refractivity contribution in [2.75, 3.05) is 19.6 Å². The number of halogens is 1. The van der Waals surface area contributed by atoms with Crippen LogP contribution in [0.15, 0.2) is 21.2 Å². The van der Waals surface area contributed by atoms with Crippen LogP contribution in [0.1, 0.15) is 18.7 Å². The first-order valence-corrected chi connectivity index (χ1v) is 6.33. The monoisotopic (exact) mass is 302 g/mol. The molecule has 1 aliphatic heterocycles. The van der Waals surface area contributed by atoms with E-state index in [9.17, 15) is 9.90 Å². The molecule has 2 unspecified atom stereocenters. The van der Waals surface area contributed by atoms with Gasteiger partial charge in [-0.1, -0.05) is 0 Å². The number of furan rings is 1. The predicted molar refractivity (Wildman–Crippen MR) is 65.8 cm³/mol. The zero-order valence-corrected chi connectivity index (χ0v) is 11.1. The second-order valence-electron chi connectivity index (χ2n) is 4.11. The van der Waals surface area contributed by atoms with E-state index in [4.69, 9.17) is 4.42 Å². The second kappa shape index (κ2) is 5.20. The topological polar surface area (TPSA) is 65.7 Å². The van der Waals surface area contributed by atoms with Gasteiger partial charge < -0.3 is 14.8 Å². The molecule has 17 heavy (non-hydrogen) atoms. The van der Waals surface area contributed by atoms with Crippen LogP contribution in [0.3, 0.4) is 0 Å². The van der Waals surface area contributed by atoms with Gasteiger partial charge in [-0.2, -0.15) is 0 Å². The van der Waals surface area contributed by atoms with E-state index in [1.54, 1.807) is 0 Å². The van der Waals surface area contributed by atoms with Gasteiger partial charge in [-0.15, -0.1) is 0 Å². The maximum absolute atomic E-state index is 11.2. The van der Waals surface area contributed by atoms with Crippen molar-refractivity contribution >= 4 is 21.9 Å². The highest BCUT2D eigenvalue weighted by Gasteiger charge is 2.33. The fraction of sp³-hybridized carbons (Fsp3) is 0.545. The van der Waals surface area contributed by atoms with Crippen LogP contribution < -0.4 is 5.32 Å². The molecule has 1 aliphatic rings. The number of nitrogens with zero attached hydrogens (tertiary/aromatic N) is 1. The number of hydrogen-bond donors (Lipinski definition) is 2. The SMILES string of the molecule is CC(c1ccc(Br)o1)N1CCNCC1C(=O)O. The fourth-order valence-electron chi connectivity index (χ4n) is 2.13. The summed E-state index contributed by atoms with van der Waals surface area (Å²) < 4.78 is 6.16. The Morgan fingerprint density at radius 3 is 3.06 bits per heavy atom. The second-order valence-corrected chi connectivity index (χ2v) is 4.90. The van der Waals surface area contributed by atoms with Gasteiger partial charge in [-0.25, -0.2) is 0 Å². The summed E-state index contributed by atoms with van der Waals surface area (Å²) in [4.78, 5) is 13.1. The number of hydrogen-bond acceptors (Lipinski definition) is 4. The molecule has 0 spiro atoms. The molecule has 1 saturated heterocycles. The molecule has 0 amide bonds. The van der Waals surface area contributed by atoms with E-state index in [1.165, 1.54) is 0 Å². The van der Waals surface area contributed by atoms with Crippen LogP contribution in [-0.4, -0.2) is 41.7 Å². The highest BCUT2D eigenvalue weighted by atomic mass is 79.9. The number of carbonyl (C=O) groups is 1. The summed E-state index contributed by atoms with van der Waals surface area (Å²) in [6, 6.07) is 3.16. The Hall–Kier alpha value is -0.850. The average Bonchev–Trinajstić information content (AvgIpc) is 2.75. The summed E-state index contributed by atoms with van der Waals surface area (Å²) in [6.07, 6.45) is 0. The highest BCUT2D eigenvalue weighted by Crippen LogP contribution is 2.27. The van der Waals surface area contributed by atoms with Crippen LogP contribution >= 0.6 is 15.9 Å². The quantitative estimate of drug-likeness (QED) is 0.885. The van der Waals surface area contributed by atoms with Gasteiger partial charge in [-0.3, -0.25) is 9.69 Å². The molecular weight excluding hydrogens is 288 g/mol. The number of rotatable bonds is 3. The molecule has 2 atom stereocenters. The lowest BCUT2D eigenvalue weighted by Gasteiger charge is -2.36. The molecule has 2 heterocycles. The van der Waals surface area contributed by atoms with E-state index in [2.05, 4.69) is 21.2 Å². The fourth-order valence-corrected chi connectivity index (χ4v) is 2.45. The normalized spacial score (nSPS) is 23.5. The Balaban J connectivity index is 2.16. The van der Waals surface area contributed by atoms with Crippen LogP contribution in [0.2, 0.25) is 0 Å². The van der Waals surface area contributed by atoms with Crippen molar-refractivity contribution < 1.29 is 14.3 Å². The minimum Gasteiger partial charge on any atom is -0.480 e. The van der Waals surface area contributed by atoms with Gasteiger partial charge in [0, 0.05) is 19.6 Å². The first-order valence-electron chi connectivity index (χ1n) is 5.54. The highest BCUT2D eigenvalue weighted by molar-refractivity contribution is 9.10. The minimum absolute atomic E-state index is 0.0375. The average molecular weight is 303 g/mol. The molecule has 1 fully saturated rings. The van der Waals surface area contributed by atoms with E-state index in [-0.39, 0.29) is 6.04 Å². The van der Waals surface area contributed by atoms with Gasteiger partial charge in [-0.05, 0) is 35.0 Å². The molecule has 0 saturated carbocycles. The maximum atomic E-state index is 11.2. The third-order valence-corrected chi connectivity index (χ3v) is 3.50. The molecule has 0 radical (unpaired) electrons. The molecular formula is C11H15BrN2O3.